The van der Waals surface area contributed by atoms with Crippen LogP contribution in [0.3, 0.4) is 0 Å². The lowest BCUT2D eigenvalue weighted by molar-refractivity contribution is -0.274. The van der Waals surface area contributed by atoms with Crippen LogP contribution in [0.4, 0.5) is 13.2 Å². The van der Waals surface area contributed by atoms with Gasteiger partial charge in [0.25, 0.3) is 5.91 Å². The van der Waals surface area contributed by atoms with Crippen molar-refractivity contribution < 1.29 is 22.7 Å². The molecule has 0 aliphatic carbocycles. The number of hydrogen-bond donors (Lipinski definition) is 1. The number of hydrogen-bond acceptors (Lipinski definition) is 2. The Hall–Kier alpha value is -2.50. The Labute approximate surface area is 118 Å². The Morgan fingerprint density at radius 1 is 1.05 bits per heavy atom. The fourth-order valence-corrected chi connectivity index (χ4v) is 2.39. The summed E-state index contributed by atoms with van der Waals surface area (Å²) in [6.45, 7) is 0.370. The highest BCUT2D eigenvalue weighted by Crippen LogP contribution is 2.32. The van der Waals surface area contributed by atoms with Crippen LogP contribution in [0.2, 0.25) is 0 Å². The van der Waals surface area contributed by atoms with E-state index in [0.717, 1.165) is 11.1 Å². The van der Waals surface area contributed by atoms with Gasteiger partial charge < -0.3 is 10.1 Å². The maximum Gasteiger partial charge on any atom is 0.573 e. The predicted molar refractivity (Wildman–Crippen MR) is 69.7 cm³/mol. The molecule has 0 fully saturated rings. The minimum absolute atomic E-state index is 0.172. The smallest absolute Gasteiger partial charge is 0.406 e. The standard InChI is InChI=1S/C15H10F3NO2/c16-15(17,18)21-10-4-1-3-9(7-10)11-5-2-6-12-13(11)8-19-14(12)20/h1-7H,8H2,(H,19,20). The lowest BCUT2D eigenvalue weighted by Crippen LogP contribution is -2.17. The molecule has 0 unspecified atom stereocenters. The second kappa shape index (κ2) is 4.80. The van der Waals surface area contributed by atoms with Crippen LogP contribution in [0, 0.1) is 0 Å². The molecule has 0 spiro atoms. The van der Waals surface area contributed by atoms with Crippen molar-refractivity contribution in [2.45, 2.75) is 12.9 Å². The average Bonchev–Trinajstić information content (AvgIpc) is 2.79. The second-order valence-electron chi connectivity index (χ2n) is 4.59. The number of rotatable bonds is 2. The molecule has 0 bridgehead atoms. The molecule has 2 aromatic rings. The molecular formula is C15H10F3NO2. The van der Waals surface area contributed by atoms with Crippen molar-refractivity contribution in [1.82, 2.24) is 5.32 Å². The molecule has 1 aliphatic rings. The molecule has 1 N–H and O–H groups in total. The first-order valence-corrected chi connectivity index (χ1v) is 6.20. The van der Waals surface area contributed by atoms with Crippen molar-refractivity contribution in [3.63, 3.8) is 0 Å². The van der Waals surface area contributed by atoms with Crippen molar-refractivity contribution in [3.05, 3.63) is 53.6 Å². The van der Waals surface area contributed by atoms with Crippen molar-refractivity contribution in [2.24, 2.45) is 0 Å². The SMILES string of the molecule is O=C1NCc2c1cccc2-c1cccc(OC(F)(F)F)c1. The average molecular weight is 293 g/mol. The molecule has 2 aromatic carbocycles. The van der Waals surface area contributed by atoms with Gasteiger partial charge in [0.15, 0.2) is 0 Å². The number of nitrogens with one attached hydrogen (secondary N) is 1. The van der Waals surface area contributed by atoms with Crippen LogP contribution in [-0.2, 0) is 6.54 Å². The number of amides is 1. The normalized spacial score (nSPS) is 13.8. The highest BCUT2D eigenvalue weighted by atomic mass is 19.4. The summed E-state index contributed by atoms with van der Waals surface area (Å²) in [7, 11) is 0. The molecule has 0 radical (unpaired) electrons. The molecule has 0 saturated carbocycles. The van der Waals surface area contributed by atoms with Crippen molar-refractivity contribution in [1.29, 1.82) is 0 Å². The molecule has 0 saturated heterocycles. The monoisotopic (exact) mass is 293 g/mol. The van der Waals surface area contributed by atoms with Crippen LogP contribution in [0.15, 0.2) is 42.5 Å². The maximum absolute atomic E-state index is 12.3. The van der Waals surface area contributed by atoms with Gasteiger partial charge in [0.1, 0.15) is 5.75 Å². The third kappa shape index (κ3) is 2.69. The van der Waals surface area contributed by atoms with E-state index in [-0.39, 0.29) is 11.7 Å². The van der Waals surface area contributed by atoms with Crippen LogP contribution < -0.4 is 10.1 Å². The zero-order chi connectivity index (χ0) is 15.0. The van der Waals surface area contributed by atoms with Crippen LogP contribution in [-0.4, -0.2) is 12.3 Å². The first-order chi connectivity index (χ1) is 9.94. The molecular weight excluding hydrogens is 283 g/mol. The molecule has 3 nitrogen and oxygen atoms in total. The summed E-state index contributed by atoms with van der Waals surface area (Å²) in [4.78, 5) is 11.6. The Kier molecular flexibility index (Phi) is 3.08. The molecule has 6 heteroatoms. The number of alkyl halides is 3. The summed E-state index contributed by atoms with van der Waals surface area (Å²) in [6, 6.07) is 10.9. The zero-order valence-corrected chi connectivity index (χ0v) is 10.7. The molecule has 0 aromatic heterocycles. The summed E-state index contributed by atoms with van der Waals surface area (Å²) >= 11 is 0. The van der Waals surface area contributed by atoms with E-state index < -0.39 is 6.36 Å². The number of carbonyl (C=O) groups is 1. The van der Waals surface area contributed by atoms with Gasteiger partial charge in [-0.1, -0.05) is 24.3 Å². The fraction of sp³-hybridized carbons (Fsp3) is 0.133. The number of halogens is 3. The molecule has 1 amide bonds. The summed E-state index contributed by atoms with van der Waals surface area (Å²) < 4.78 is 40.7. The quantitative estimate of drug-likeness (QED) is 0.920. The van der Waals surface area contributed by atoms with E-state index in [4.69, 9.17) is 0 Å². The number of carbonyl (C=O) groups excluding carboxylic acids is 1. The highest BCUT2D eigenvalue weighted by molar-refractivity contribution is 6.00. The minimum Gasteiger partial charge on any atom is -0.406 e. The maximum atomic E-state index is 12.3. The van der Waals surface area contributed by atoms with E-state index in [1.807, 2.05) is 0 Å². The van der Waals surface area contributed by atoms with Crippen LogP contribution in [0.1, 0.15) is 15.9 Å². The van der Waals surface area contributed by atoms with Gasteiger partial charge >= 0.3 is 6.36 Å². The number of benzene rings is 2. The predicted octanol–water partition coefficient (Wildman–Crippen LogP) is 3.50. The van der Waals surface area contributed by atoms with Gasteiger partial charge in [0, 0.05) is 12.1 Å². The summed E-state index contributed by atoms with van der Waals surface area (Å²) in [6.07, 6.45) is -4.73. The molecule has 3 rings (SSSR count). The Bertz CT molecular complexity index is 710. The Balaban J connectivity index is 2.02. The minimum atomic E-state index is -4.73. The Morgan fingerprint density at radius 3 is 2.52 bits per heavy atom. The topological polar surface area (TPSA) is 38.3 Å². The van der Waals surface area contributed by atoms with Crippen LogP contribution in [0.25, 0.3) is 11.1 Å². The van der Waals surface area contributed by atoms with Gasteiger partial charge in [-0.3, -0.25) is 4.79 Å². The third-order valence-electron chi connectivity index (χ3n) is 3.22. The van der Waals surface area contributed by atoms with E-state index in [0.29, 0.717) is 17.7 Å². The van der Waals surface area contributed by atoms with Crippen LogP contribution in [0.5, 0.6) is 5.75 Å². The van der Waals surface area contributed by atoms with E-state index in [1.165, 1.54) is 18.2 Å². The first-order valence-electron chi connectivity index (χ1n) is 6.20. The van der Waals surface area contributed by atoms with E-state index in [9.17, 15) is 18.0 Å². The van der Waals surface area contributed by atoms with Crippen molar-refractivity contribution >= 4 is 5.91 Å². The molecule has 21 heavy (non-hydrogen) atoms. The summed E-state index contributed by atoms with van der Waals surface area (Å²) in [5.74, 6) is -0.454. The van der Waals surface area contributed by atoms with Gasteiger partial charge in [0.2, 0.25) is 0 Å². The van der Waals surface area contributed by atoms with Crippen molar-refractivity contribution in [2.75, 3.05) is 0 Å². The largest absolute Gasteiger partial charge is 0.573 e. The molecule has 0 atom stereocenters. The van der Waals surface area contributed by atoms with E-state index in [1.54, 1.807) is 24.3 Å². The van der Waals surface area contributed by atoms with Crippen molar-refractivity contribution in [3.8, 4) is 16.9 Å². The first kappa shape index (κ1) is 13.5. The van der Waals surface area contributed by atoms with Gasteiger partial charge in [-0.05, 0) is 34.9 Å². The van der Waals surface area contributed by atoms with Gasteiger partial charge in [-0.2, -0.15) is 0 Å². The number of ether oxygens (including phenoxy) is 1. The molecule has 1 heterocycles. The zero-order valence-electron chi connectivity index (χ0n) is 10.7. The van der Waals surface area contributed by atoms with Crippen LogP contribution >= 0.6 is 0 Å². The lowest BCUT2D eigenvalue weighted by atomic mass is 9.97. The fourth-order valence-electron chi connectivity index (χ4n) is 2.39. The summed E-state index contributed by atoms with van der Waals surface area (Å²) in [5.41, 5.74) is 2.63. The van der Waals surface area contributed by atoms with Gasteiger partial charge in [0.05, 0.1) is 0 Å². The second-order valence-corrected chi connectivity index (χ2v) is 4.59. The van der Waals surface area contributed by atoms with Gasteiger partial charge in [-0.15, -0.1) is 13.2 Å². The molecule has 108 valence electrons. The van der Waals surface area contributed by atoms with E-state index >= 15 is 0 Å². The van der Waals surface area contributed by atoms with Gasteiger partial charge in [-0.25, -0.2) is 0 Å². The third-order valence-corrected chi connectivity index (χ3v) is 3.22. The Morgan fingerprint density at radius 2 is 1.76 bits per heavy atom. The van der Waals surface area contributed by atoms with E-state index in [2.05, 4.69) is 10.1 Å². The highest BCUT2D eigenvalue weighted by Gasteiger charge is 2.31. The number of fused-ring (bicyclic) bond motifs is 1. The lowest BCUT2D eigenvalue weighted by Gasteiger charge is -2.11. The molecule has 1 aliphatic heterocycles. The summed E-state index contributed by atoms with van der Waals surface area (Å²) in [5, 5.41) is 2.70.